The molecule has 0 aromatic heterocycles. The highest BCUT2D eigenvalue weighted by atomic mass is 32.2. The highest BCUT2D eigenvalue weighted by Crippen LogP contribution is 2.26. The Kier molecular flexibility index (Phi) is 3.72. The van der Waals surface area contributed by atoms with E-state index >= 15 is 0 Å². The summed E-state index contributed by atoms with van der Waals surface area (Å²) in [6, 6.07) is 0. The molecule has 1 N–H and O–H groups in total. The van der Waals surface area contributed by atoms with Crippen molar-refractivity contribution in [2.24, 2.45) is 11.3 Å². The van der Waals surface area contributed by atoms with Crippen molar-refractivity contribution in [3.05, 3.63) is 0 Å². The molecule has 0 aliphatic rings. The standard InChI is InChI=1S/C8H18O3S/c1-8(2,3)7(5-9)6-12(4,10)11/h7,9H,5-6H2,1-4H3. The SMILES string of the molecule is CC(C)(C)C(CO)CS(C)(=O)=O. The van der Waals surface area contributed by atoms with Crippen molar-refractivity contribution < 1.29 is 13.5 Å². The van der Waals surface area contributed by atoms with Gasteiger partial charge in [0.1, 0.15) is 9.84 Å². The Morgan fingerprint density at radius 2 is 1.75 bits per heavy atom. The molecule has 74 valence electrons. The molecule has 1 atom stereocenters. The number of hydrogen-bond donors (Lipinski definition) is 1. The van der Waals surface area contributed by atoms with Gasteiger partial charge in [-0.25, -0.2) is 8.42 Å². The molecule has 3 nitrogen and oxygen atoms in total. The van der Waals surface area contributed by atoms with Crippen molar-refractivity contribution in [3.63, 3.8) is 0 Å². The van der Waals surface area contributed by atoms with Gasteiger partial charge in [0, 0.05) is 18.8 Å². The minimum Gasteiger partial charge on any atom is -0.396 e. The molecule has 0 aliphatic carbocycles. The van der Waals surface area contributed by atoms with Crippen LogP contribution in [0.25, 0.3) is 0 Å². The zero-order valence-corrected chi connectivity index (χ0v) is 8.98. The number of aliphatic hydroxyl groups excluding tert-OH is 1. The van der Waals surface area contributed by atoms with Crippen molar-refractivity contribution in [2.75, 3.05) is 18.6 Å². The van der Waals surface area contributed by atoms with Crippen LogP contribution in [0.1, 0.15) is 20.8 Å². The highest BCUT2D eigenvalue weighted by Gasteiger charge is 2.26. The van der Waals surface area contributed by atoms with E-state index in [4.69, 9.17) is 5.11 Å². The maximum atomic E-state index is 10.9. The van der Waals surface area contributed by atoms with Crippen LogP contribution < -0.4 is 0 Å². The topological polar surface area (TPSA) is 54.4 Å². The van der Waals surface area contributed by atoms with Crippen molar-refractivity contribution in [3.8, 4) is 0 Å². The summed E-state index contributed by atoms with van der Waals surface area (Å²) >= 11 is 0. The molecule has 0 heterocycles. The molecule has 0 amide bonds. The summed E-state index contributed by atoms with van der Waals surface area (Å²) in [6.45, 7) is 5.72. The second-order valence-electron chi connectivity index (χ2n) is 4.34. The lowest BCUT2D eigenvalue weighted by molar-refractivity contribution is 0.148. The fourth-order valence-corrected chi connectivity index (χ4v) is 2.28. The van der Waals surface area contributed by atoms with E-state index < -0.39 is 9.84 Å². The van der Waals surface area contributed by atoms with Gasteiger partial charge in [0.15, 0.2) is 0 Å². The Balaban J connectivity index is 4.41. The van der Waals surface area contributed by atoms with Gasteiger partial charge in [0.25, 0.3) is 0 Å². The van der Waals surface area contributed by atoms with Gasteiger partial charge in [-0.2, -0.15) is 0 Å². The van der Waals surface area contributed by atoms with Gasteiger partial charge >= 0.3 is 0 Å². The van der Waals surface area contributed by atoms with E-state index in [9.17, 15) is 8.42 Å². The lowest BCUT2D eigenvalue weighted by atomic mass is 9.83. The summed E-state index contributed by atoms with van der Waals surface area (Å²) in [4.78, 5) is 0. The molecule has 0 saturated carbocycles. The van der Waals surface area contributed by atoms with Crippen LogP contribution in [0, 0.1) is 11.3 Å². The van der Waals surface area contributed by atoms with E-state index in [0.29, 0.717) is 0 Å². The summed E-state index contributed by atoms with van der Waals surface area (Å²) in [5, 5.41) is 8.96. The highest BCUT2D eigenvalue weighted by molar-refractivity contribution is 7.90. The summed E-state index contributed by atoms with van der Waals surface area (Å²) in [7, 11) is -2.98. The van der Waals surface area contributed by atoms with E-state index in [2.05, 4.69) is 0 Å². The third-order valence-corrected chi connectivity index (χ3v) is 2.96. The number of sulfone groups is 1. The van der Waals surface area contributed by atoms with Gasteiger partial charge in [-0.15, -0.1) is 0 Å². The largest absolute Gasteiger partial charge is 0.396 e. The molecule has 0 rings (SSSR count). The summed E-state index contributed by atoms with van der Waals surface area (Å²) < 4.78 is 21.9. The molecule has 0 radical (unpaired) electrons. The van der Waals surface area contributed by atoms with Gasteiger partial charge in [-0.1, -0.05) is 20.8 Å². The van der Waals surface area contributed by atoms with Crippen molar-refractivity contribution >= 4 is 9.84 Å². The lowest BCUT2D eigenvalue weighted by Crippen LogP contribution is -2.30. The van der Waals surface area contributed by atoms with E-state index in [0.717, 1.165) is 0 Å². The van der Waals surface area contributed by atoms with Gasteiger partial charge in [-0.05, 0) is 5.41 Å². The molecule has 0 aliphatic heterocycles. The number of aliphatic hydroxyl groups is 1. The molecular formula is C8H18O3S. The van der Waals surface area contributed by atoms with E-state index in [1.165, 1.54) is 6.26 Å². The lowest BCUT2D eigenvalue weighted by Gasteiger charge is -2.28. The van der Waals surface area contributed by atoms with Gasteiger partial charge in [0.2, 0.25) is 0 Å². The van der Waals surface area contributed by atoms with E-state index in [1.54, 1.807) is 0 Å². The summed E-state index contributed by atoms with van der Waals surface area (Å²) in [5.74, 6) is -0.111. The Morgan fingerprint density at radius 3 is 1.83 bits per heavy atom. The zero-order chi connectivity index (χ0) is 9.99. The minimum absolute atomic E-state index is 0.0625. The fraction of sp³-hybridized carbons (Fsp3) is 1.00. The molecule has 0 bridgehead atoms. The average Bonchev–Trinajstić information content (AvgIpc) is 1.78. The van der Waals surface area contributed by atoms with E-state index in [-0.39, 0.29) is 23.7 Å². The van der Waals surface area contributed by atoms with Crippen LogP contribution >= 0.6 is 0 Å². The first-order valence-electron chi connectivity index (χ1n) is 3.95. The molecule has 12 heavy (non-hydrogen) atoms. The van der Waals surface area contributed by atoms with Gasteiger partial charge in [0.05, 0.1) is 5.75 Å². The molecule has 0 aromatic carbocycles. The fourth-order valence-electron chi connectivity index (χ4n) is 0.942. The van der Waals surface area contributed by atoms with Crippen LogP contribution in [0.5, 0.6) is 0 Å². The zero-order valence-electron chi connectivity index (χ0n) is 8.16. The second kappa shape index (κ2) is 3.75. The monoisotopic (exact) mass is 194 g/mol. The van der Waals surface area contributed by atoms with Crippen LogP contribution in [0.3, 0.4) is 0 Å². The van der Waals surface area contributed by atoms with Gasteiger partial charge in [-0.3, -0.25) is 0 Å². The normalized spacial score (nSPS) is 16.1. The van der Waals surface area contributed by atoms with Crippen molar-refractivity contribution in [1.82, 2.24) is 0 Å². The third-order valence-electron chi connectivity index (χ3n) is 1.95. The number of hydrogen-bond acceptors (Lipinski definition) is 3. The maximum absolute atomic E-state index is 10.9. The molecular weight excluding hydrogens is 176 g/mol. The first-order chi connectivity index (χ1) is 5.17. The van der Waals surface area contributed by atoms with Gasteiger partial charge < -0.3 is 5.11 Å². The first kappa shape index (κ1) is 11.9. The molecule has 0 saturated heterocycles. The van der Waals surface area contributed by atoms with Crippen molar-refractivity contribution in [1.29, 1.82) is 0 Å². The second-order valence-corrected chi connectivity index (χ2v) is 6.52. The van der Waals surface area contributed by atoms with Crippen LogP contribution in [-0.4, -0.2) is 32.1 Å². The molecule has 4 heteroatoms. The van der Waals surface area contributed by atoms with Crippen LogP contribution in [0.4, 0.5) is 0 Å². The summed E-state index contributed by atoms with van der Waals surface area (Å²) in [6.07, 6.45) is 1.20. The molecule has 0 spiro atoms. The average molecular weight is 194 g/mol. The maximum Gasteiger partial charge on any atom is 0.147 e. The van der Waals surface area contributed by atoms with E-state index in [1.807, 2.05) is 20.8 Å². The molecule has 0 aromatic rings. The Hall–Kier alpha value is -0.0900. The summed E-state index contributed by atoms with van der Waals surface area (Å²) in [5.41, 5.74) is -0.155. The Morgan fingerprint density at radius 1 is 1.33 bits per heavy atom. The predicted octanol–water partition coefficient (Wildman–Crippen LogP) is 0.686. The quantitative estimate of drug-likeness (QED) is 0.719. The predicted molar refractivity (Wildman–Crippen MR) is 49.7 cm³/mol. The van der Waals surface area contributed by atoms with Crippen LogP contribution in [0.2, 0.25) is 0 Å². The smallest absolute Gasteiger partial charge is 0.147 e. The minimum atomic E-state index is -2.98. The Bertz CT molecular complexity index is 223. The Labute approximate surface area is 74.7 Å². The van der Waals surface area contributed by atoms with Crippen LogP contribution in [0.15, 0.2) is 0 Å². The first-order valence-corrected chi connectivity index (χ1v) is 6.01. The molecule has 0 fully saturated rings. The van der Waals surface area contributed by atoms with Crippen LogP contribution in [-0.2, 0) is 9.84 Å². The number of rotatable bonds is 3. The molecule has 1 unspecified atom stereocenters. The third kappa shape index (κ3) is 4.72. The van der Waals surface area contributed by atoms with Crippen molar-refractivity contribution in [2.45, 2.75) is 20.8 Å².